The molecule has 0 spiro atoms. The summed E-state index contributed by atoms with van der Waals surface area (Å²) >= 11 is 0. The SMILES string of the molecule is CCc1cc(C(=O)N2CCC[C@@H]3CN(C(=O)CCOc4ccccc4)CC[C@@H]32)n(C)n1. The van der Waals surface area contributed by atoms with Crippen LogP contribution in [0.1, 0.15) is 48.8 Å². The minimum absolute atomic E-state index is 0.0698. The average molecular weight is 425 g/mol. The van der Waals surface area contributed by atoms with Crippen LogP contribution in [0.2, 0.25) is 0 Å². The van der Waals surface area contributed by atoms with E-state index in [1.54, 1.807) is 4.68 Å². The quantitative estimate of drug-likeness (QED) is 0.715. The van der Waals surface area contributed by atoms with Crippen molar-refractivity contribution < 1.29 is 14.3 Å². The van der Waals surface area contributed by atoms with Gasteiger partial charge in [-0.25, -0.2) is 0 Å². The van der Waals surface area contributed by atoms with E-state index in [0.717, 1.165) is 50.2 Å². The lowest BCUT2D eigenvalue weighted by molar-refractivity contribution is -0.135. The summed E-state index contributed by atoms with van der Waals surface area (Å²) in [6.07, 6.45) is 4.07. The molecule has 0 N–H and O–H groups in total. The Labute approximate surface area is 184 Å². The number of para-hydroxylation sites is 1. The number of piperidine rings is 2. The normalized spacial score (nSPS) is 21.0. The Hall–Kier alpha value is -2.83. The third-order valence-corrected chi connectivity index (χ3v) is 6.52. The number of hydrogen-bond acceptors (Lipinski definition) is 4. The zero-order valence-electron chi connectivity index (χ0n) is 18.5. The Balaban J connectivity index is 1.33. The van der Waals surface area contributed by atoms with Crippen molar-refractivity contribution in [2.45, 2.75) is 45.1 Å². The Bertz CT molecular complexity index is 911. The van der Waals surface area contributed by atoms with Crippen molar-refractivity contribution in [1.82, 2.24) is 19.6 Å². The highest BCUT2D eigenvalue weighted by atomic mass is 16.5. The van der Waals surface area contributed by atoms with Crippen LogP contribution in [0.15, 0.2) is 36.4 Å². The Morgan fingerprint density at radius 2 is 1.97 bits per heavy atom. The van der Waals surface area contributed by atoms with E-state index in [2.05, 4.69) is 5.10 Å². The summed E-state index contributed by atoms with van der Waals surface area (Å²) in [6, 6.07) is 11.7. The van der Waals surface area contributed by atoms with Crippen molar-refractivity contribution in [3.8, 4) is 5.75 Å². The molecular formula is C24H32N4O3. The van der Waals surface area contributed by atoms with Gasteiger partial charge in [-0.15, -0.1) is 0 Å². The van der Waals surface area contributed by atoms with Gasteiger partial charge in [-0.2, -0.15) is 5.10 Å². The van der Waals surface area contributed by atoms with Crippen molar-refractivity contribution in [2.75, 3.05) is 26.2 Å². The fraction of sp³-hybridized carbons (Fsp3) is 0.542. The number of aromatic nitrogens is 2. The van der Waals surface area contributed by atoms with E-state index >= 15 is 0 Å². The zero-order valence-corrected chi connectivity index (χ0v) is 18.5. The van der Waals surface area contributed by atoms with Crippen LogP contribution in [0.4, 0.5) is 0 Å². The van der Waals surface area contributed by atoms with Gasteiger partial charge in [0.25, 0.3) is 5.91 Å². The highest BCUT2D eigenvalue weighted by molar-refractivity contribution is 5.93. The van der Waals surface area contributed by atoms with Gasteiger partial charge < -0.3 is 14.5 Å². The van der Waals surface area contributed by atoms with E-state index < -0.39 is 0 Å². The minimum Gasteiger partial charge on any atom is -0.493 e. The zero-order chi connectivity index (χ0) is 21.8. The number of aryl methyl sites for hydroxylation is 2. The molecule has 4 rings (SSSR count). The van der Waals surface area contributed by atoms with Crippen LogP contribution in [-0.4, -0.2) is 63.7 Å². The molecule has 0 saturated carbocycles. The molecule has 7 nitrogen and oxygen atoms in total. The van der Waals surface area contributed by atoms with Crippen molar-refractivity contribution in [2.24, 2.45) is 13.0 Å². The van der Waals surface area contributed by atoms with Gasteiger partial charge in [0.2, 0.25) is 5.91 Å². The van der Waals surface area contributed by atoms with Crippen LogP contribution in [0.3, 0.4) is 0 Å². The topological polar surface area (TPSA) is 67.7 Å². The third-order valence-electron chi connectivity index (χ3n) is 6.52. The van der Waals surface area contributed by atoms with Gasteiger partial charge in [0.1, 0.15) is 11.4 Å². The molecule has 2 aliphatic heterocycles. The van der Waals surface area contributed by atoms with Crippen LogP contribution in [-0.2, 0) is 18.3 Å². The Morgan fingerprint density at radius 1 is 1.16 bits per heavy atom. The van der Waals surface area contributed by atoms with E-state index in [9.17, 15) is 9.59 Å². The van der Waals surface area contributed by atoms with Crippen molar-refractivity contribution in [1.29, 1.82) is 0 Å². The molecule has 0 unspecified atom stereocenters. The number of carbonyl (C=O) groups excluding carboxylic acids is 2. The van der Waals surface area contributed by atoms with Crippen molar-refractivity contribution >= 4 is 11.8 Å². The highest BCUT2D eigenvalue weighted by Gasteiger charge is 2.40. The smallest absolute Gasteiger partial charge is 0.272 e. The van der Waals surface area contributed by atoms with Gasteiger partial charge in [0.05, 0.1) is 18.7 Å². The van der Waals surface area contributed by atoms with E-state index in [-0.39, 0.29) is 17.9 Å². The van der Waals surface area contributed by atoms with Gasteiger partial charge >= 0.3 is 0 Å². The number of amides is 2. The average Bonchev–Trinajstić information content (AvgIpc) is 3.19. The number of hydrogen-bond donors (Lipinski definition) is 0. The molecule has 1 aromatic heterocycles. The first-order valence-electron chi connectivity index (χ1n) is 11.4. The van der Waals surface area contributed by atoms with E-state index in [1.807, 2.05) is 60.2 Å². The maximum Gasteiger partial charge on any atom is 0.272 e. The van der Waals surface area contributed by atoms with E-state index in [0.29, 0.717) is 31.2 Å². The van der Waals surface area contributed by atoms with Gasteiger partial charge in [-0.3, -0.25) is 14.3 Å². The number of fused-ring (bicyclic) bond motifs is 1. The predicted molar refractivity (Wildman–Crippen MR) is 118 cm³/mol. The minimum atomic E-state index is 0.0698. The molecule has 2 saturated heterocycles. The second-order valence-electron chi connectivity index (χ2n) is 8.51. The summed E-state index contributed by atoms with van der Waals surface area (Å²) < 4.78 is 7.39. The van der Waals surface area contributed by atoms with Crippen molar-refractivity contribution in [3.05, 3.63) is 47.8 Å². The van der Waals surface area contributed by atoms with Crippen LogP contribution in [0, 0.1) is 5.92 Å². The molecule has 0 bridgehead atoms. The van der Waals surface area contributed by atoms with Gasteiger partial charge in [0, 0.05) is 32.7 Å². The first-order valence-corrected chi connectivity index (χ1v) is 11.4. The summed E-state index contributed by atoms with van der Waals surface area (Å²) in [7, 11) is 1.84. The van der Waals surface area contributed by atoms with Crippen LogP contribution < -0.4 is 4.74 Å². The molecule has 2 amide bonds. The number of benzene rings is 1. The maximum atomic E-state index is 13.3. The van der Waals surface area contributed by atoms with Crippen molar-refractivity contribution in [3.63, 3.8) is 0 Å². The van der Waals surface area contributed by atoms with Gasteiger partial charge in [-0.1, -0.05) is 25.1 Å². The first kappa shape index (κ1) is 21.4. The van der Waals surface area contributed by atoms with Gasteiger partial charge in [0.15, 0.2) is 0 Å². The monoisotopic (exact) mass is 424 g/mol. The summed E-state index contributed by atoms with van der Waals surface area (Å²) in [5.74, 6) is 1.33. The number of likely N-dealkylation sites (tertiary alicyclic amines) is 2. The molecule has 2 aromatic rings. The summed E-state index contributed by atoms with van der Waals surface area (Å²) in [5.41, 5.74) is 1.60. The first-order chi connectivity index (χ1) is 15.1. The number of carbonyl (C=O) groups is 2. The molecular weight excluding hydrogens is 392 g/mol. The number of ether oxygens (including phenoxy) is 1. The van der Waals surface area contributed by atoms with Crippen LogP contribution in [0.25, 0.3) is 0 Å². The third kappa shape index (κ3) is 4.75. The fourth-order valence-corrected chi connectivity index (χ4v) is 4.86. The summed E-state index contributed by atoms with van der Waals surface area (Å²) in [6.45, 7) is 4.64. The second kappa shape index (κ2) is 9.54. The molecule has 2 fully saturated rings. The lowest BCUT2D eigenvalue weighted by atomic mass is 9.83. The standard InChI is InChI=1S/C24H32N4O3/c1-3-19-16-22(26(2)25-19)24(30)28-13-7-8-18-17-27(14-11-21(18)28)23(29)12-15-31-20-9-5-4-6-10-20/h4-6,9-10,16,18,21H,3,7-8,11-15,17H2,1-2H3/t18-,21+/m1/s1. The highest BCUT2D eigenvalue weighted by Crippen LogP contribution is 2.32. The Morgan fingerprint density at radius 3 is 2.71 bits per heavy atom. The molecule has 3 heterocycles. The molecule has 166 valence electrons. The van der Waals surface area contributed by atoms with Crippen LogP contribution >= 0.6 is 0 Å². The molecule has 7 heteroatoms. The summed E-state index contributed by atoms with van der Waals surface area (Å²) in [5, 5.41) is 4.44. The van der Waals surface area contributed by atoms with Gasteiger partial charge in [-0.05, 0) is 49.8 Å². The lowest BCUT2D eigenvalue weighted by Gasteiger charge is -2.47. The lowest BCUT2D eigenvalue weighted by Crippen LogP contribution is -2.56. The van der Waals surface area contributed by atoms with E-state index in [4.69, 9.17) is 4.74 Å². The molecule has 2 atom stereocenters. The summed E-state index contributed by atoms with van der Waals surface area (Å²) in [4.78, 5) is 30.0. The molecule has 31 heavy (non-hydrogen) atoms. The number of rotatable bonds is 6. The largest absolute Gasteiger partial charge is 0.493 e. The molecule has 0 aliphatic carbocycles. The number of nitrogens with zero attached hydrogens (tertiary/aromatic N) is 4. The molecule has 2 aliphatic rings. The Kier molecular flexibility index (Phi) is 6.59. The molecule has 1 aromatic carbocycles. The van der Waals surface area contributed by atoms with E-state index in [1.165, 1.54) is 0 Å². The second-order valence-corrected chi connectivity index (χ2v) is 8.51. The predicted octanol–water partition coefficient (Wildman–Crippen LogP) is 2.90. The molecule has 0 radical (unpaired) electrons. The van der Waals surface area contributed by atoms with Crippen LogP contribution in [0.5, 0.6) is 5.75 Å². The fourth-order valence-electron chi connectivity index (χ4n) is 4.86. The maximum absolute atomic E-state index is 13.3.